The Morgan fingerprint density at radius 2 is 2.06 bits per heavy atom. The van der Waals surface area contributed by atoms with Crippen LogP contribution in [0, 0.1) is 13.8 Å². The third-order valence-corrected chi connectivity index (χ3v) is 7.87. The van der Waals surface area contributed by atoms with Gasteiger partial charge >= 0.3 is 0 Å². The molecule has 3 aromatic heterocycles. The van der Waals surface area contributed by atoms with Crippen LogP contribution in [0.2, 0.25) is 0 Å². The summed E-state index contributed by atoms with van der Waals surface area (Å²) in [6, 6.07) is 2.45. The SMILES string of the molecule is CN=CNc1ncc(-c2[nH]c3c(C)c(C(=O)N(C)C4CCNCC4)sc3c2C(C)C)cc1C. The molecule has 3 N–H and O–H groups in total. The molecule has 0 saturated carbocycles. The molecule has 0 unspecified atom stereocenters. The number of carbonyl (C=O) groups excluding carboxylic acids is 1. The van der Waals surface area contributed by atoms with Crippen molar-refractivity contribution in [3.05, 3.63) is 33.8 Å². The zero-order chi connectivity index (χ0) is 23.7. The van der Waals surface area contributed by atoms with E-state index >= 15 is 0 Å². The number of fused-ring (bicyclic) bond motifs is 1. The molecular weight excluding hydrogens is 432 g/mol. The molecule has 0 spiro atoms. The molecule has 1 amide bonds. The van der Waals surface area contributed by atoms with Gasteiger partial charge in [-0.2, -0.15) is 0 Å². The number of carbonyl (C=O) groups is 1. The molecule has 1 aliphatic rings. The van der Waals surface area contributed by atoms with Gasteiger partial charge in [-0.3, -0.25) is 9.79 Å². The number of aryl methyl sites for hydroxylation is 2. The van der Waals surface area contributed by atoms with E-state index in [4.69, 9.17) is 0 Å². The van der Waals surface area contributed by atoms with E-state index in [9.17, 15) is 4.79 Å². The molecule has 8 heteroatoms. The first-order valence-electron chi connectivity index (χ1n) is 11.6. The summed E-state index contributed by atoms with van der Waals surface area (Å²) in [6.07, 6.45) is 5.55. The van der Waals surface area contributed by atoms with Gasteiger partial charge in [-0.15, -0.1) is 11.3 Å². The van der Waals surface area contributed by atoms with Crippen LogP contribution in [0.1, 0.15) is 59.0 Å². The molecule has 7 nitrogen and oxygen atoms in total. The summed E-state index contributed by atoms with van der Waals surface area (Å²) in [5, 5.41) is 6.49. The number of hydrogen-bond donors (Lipinski definition) is 3. The second kappa shape index (κ2) is 9.65. The van der Waals surface area contributed by atoms with Crippen molar-refractivity contribution in [1.29, 1.82) is 0 Å². The predicted molar refractivity (Wildman–Crippen MR) is 139 cm³/mol. The van der Waals surface area contributed by atoms with Crippen molar-refractivity contribution in [2.45, 2.75) is 52.5 Å². The Morgan fingerprint density at radius 1 is 1.33 bits per heavy atom. The fourth-order valence-corrected chi connectivity index (χ4v) is 6.09. The number of nitrogens with one attached hydrogen (secondary N) is 3. The van der Waals surface area contributed by atoms with Gasteiger partial charge in [0.25, 0.3) is 5.91 Å². The minimum absolute atomic E-state index is 0.135. The highest BCUT2D eigenvalue weighted by Crippen LogP contribution is 2.42. The maximum atomic E-state index is 13.4. The maximum Gasteiger partial charge on any atom is 0.264 e. The van der Waals surface area contributed by atoms with E-state index in [2.05, 4.69) is 52.4 Å². The lowest BCUT2D eigenvalue weighted by Crippen LogP contribution is -2.43. The molecule has 0 aliphatic carbocycles. The highest BCUT2D eigenvalue weighted by atomic mass is 32.1. The monoisotopic (exact) mass is 466 g/mol. The number of rotatable bonds is 6. The Kier molecular flexibility index (Phi) is 6.86. The average Bonchev–Trinajstić information content (AvgIpc) is 3.34. The van der Waals surface area contributed by atoms with Crippen LogP contribution >= 0.6 is 11.3 Å². The summed E-state index contributed by atoms with van der Waals surface area (Å²) in [5.41, 5.74) is 6.55. The molecule has 0 atom stereocenters. The van der Waals surface area contributed by atoms with Crippen LogP contribution in [-0.2, 0) is 0 Å². The molecular formula is C25H34N6OS. The smallest absolute Gasteiger partial charge is 0.264 e. The van der Waals surface area contributed by atoms with Crippen molar-refractivity contribution >= 4 is 39.6 Å². The molecule has 33 heavy (non-hydrogen) atoms. The van der Waals surface area contributed by atoms with E-state index in [1.165, 1.54) is 10.3 Å². The summed E-state index contributed by atoms with van der Waals surface area (Å²) in [5.74, 6) is 1.24. The maximum absolute atomic E-state index is 13.4. The lowest BCUT2D eigenvalue weighted by molar-refractivity contribution is 0.0707. The van der Waals surface area contributed by atoms with Crippen molar-refractivity contribution in [2.24, 2.45) is 4.99 Å². The van der Waals surface area contributed by atoms with Crippen LogP contribution in [0.3, 0.4) is 0 Å². The van der Waals surface area contributed by atoms with Crippen molar-refractivity contribution in [2.75, 3.05) is 32.5 Å². The first-order chi connectivity index (χ1) is 15.8. The molecule has 1 saturated heterocycles. The van der Waals surface area contributed by atoms with Crippen LogP contribution in [0.25, 0.3) is 21.5 Å². The summed E-state index contributed by atoms with van der Waals surface area (Å²) < 4.78 is 1.18. The van der Waals surface area contributed by atoms with E-state index < -0.39 is 0 Å². The van der Waals surface area contributed by atoms with Gasteiger partial charge in [-0.1, -0.05) is 13.8 Å². The number of H-pyrrole nitrogens is 1. The lowest BCUT2D eigenvalue weighted by Gasteiger charge is -2.31. The van der Waals surface area contributed by atoms with Gasteiger partial charge < -0.3 is 20.5 Å². The number of aromatic amines is 1. The number of thiophene rings is 1. The third kappa shape index (κ3) is 4.42. The second-order valence-electron chi connectivity index (χ2n) is 9.15. The van der Waals surface area contributed by atoms with Gasteiger partial charge in [-0.05, 0) is 68.5 Å². The van der Waals surface area contributed by atoms with E-state index in [0.717, 1.165) is 64.5 Å². The number of anilines is 1. The molecule has 176 valence electrons. The van der Waals surface area contributed by atoms with Crippen LogP contribution in [0.5, 0.6) is 0 Å². The standard InChI is InChI=1S/C25H34N6OS/c1-14(2)19-21(17-11-15(3)24(28-12-17)29-13-26-5)30-20-16(4)22(33-23(19)20)25(32)31(6)18-7-9-27-10-8-18/h11-14,18,27,30H,7-10H2,1-6H3,(H,26,28,29). The molecule has 0 aromatic carbocycles. The first kappa shape index (κ1) is 23.4. The van der Waals surface area contributed by atoms with Gasteiger partial charge in [-0.25, -0.2) is 4.98 Å². The molecule has 4 rings (SSSR count). The van der Waals surface area contributed by atoms with Gasteiger partial charge in [0.05, 0.1) is 27.1 Å². The number of aliphatic imine (C=N–C) groups is 1. The number of hydrogen-bond acceptors (Lipinski definition) is 5. The molecule has 0 radical (unpaired) electrons. The minimum atomic E-state index is 0.135. The van der Waals surface area contributed by atoms with Gasteiger partial charge in [0.1, 0.15) is 5.82 Å². The third-order valence-electron chi connectivity index (χ3n) is 6.56. The van der Waals surface area contributed by atoms with Crippen LogP contribution in [-0.4, -0.2) is 60.3 Å². The van der Waals surface area contributed by atoms with Crippen LogP contribution in [0.15, 0.2) is 17.3 Å². The minimum Gasteiger partial charge on any atom is -0.353 e. The van der Waals surface area contributed by atoms with E-state index in [-0.39, 0.29) is 5.91 Å². The zero-order valence-corrected chi connectivity index (χ0v) is 21.2. The summed E-state index contributed by atoms with van der Waals surface area (Å²) in [6.45, 7) is 10.5. The van der Waals surface area contributed by atoms with E-state index in [1.54, 1.807) is 24.7 Å². The number of pyridine rings is 1. The van der Waals surface area contributed by atoms with E-state index in [1.807, 2.05) is 25.1 Å². The molecule has 3 aromatic rings. The van der Waals surface area contributed by atoms with Gasteiger partial charge in [0, 0.05) is 31.9 Å². The molecule has 1 fully saturated rings. The number of piperidine rings is 1. The van der Waals surface area contributed by atoms with Crippen molar-refractivity contribution in [1.82, 2.24) is 20.2 Å². The van der Waals surface area contributed by atoms with Gasteiger partial charge in [0.2, 0.25) is 0 Å². The summed E-state index contributed by atoms with van der Waals surface area (Å²) in [4.78, 5) is 28.4. The Morgan fingerprint density at radius 3 is 2.70 bits per heavy atom. The molecule has 4 heterocycles. The summed E-state index contributed by atoms with van der Waals surface area (Å²) in [7, 11) is 3.68. The Bertz CT molecular complexity index is 1190. The Hall–Kier alpha value is -2.71. The normalized spacial score (nSPS) is 15.1. The molecule has 0 bridgehead atoms. The Labute approximate surface area is 199 Å². The number of nitrogens with zero attached hydrogens (tertiary/aromatic N) is 3. The first-order valence-corrected chi connectivity index (χ1v) is 12.4. The van der Waals surface area contributed by atoms with Crippen molar-refractivity contribution in [3.8, 4) is 11.3 Å². The van der Waals surface area contributed by atoms with Crippen LogP contribution in [0.4, 0.5) is 5.82 Å². The van der Waals surface area contributed by atoms with Crippen molar-refractivity contribution < 1.29 is 4.79 Å². The Balaban J connectivity index is 1.73. The largest absolute Gasteiger partial charge is 0.353 e. The topological polar surface area (TPSA) is 85.4 Å². The van der Waals surface area contributed by atoms with Gasteiger partial charge in [0.15, 0.2) is 0 Å². The highest BCUT2D eigenvalue weighted by Gasteiger charge is 2.28. The fraction of sp³-hybridized carbons (Fsp3) is 0.480. The second-order valence-corrected chi connectivity index (χ2v) is 10.2. The number of aromatic nitrogens is 2. The van der Waals surface area contributed by atoms with E-state index in [0.29, 0.717) is 12.0 Å². The number of amides is 1. The average molecular weight is 467 g/mol. The van der Waals surface area contributed by atoms with Crippen molar-refractivity contribution in [3.63, 3.8) is 0 Å². The summed E-state index contributed by atoms with van der Waals surface area (Å²) >= 11 is 1.63. The quantitative estimate of drug-likeness (QED) is 0.355. The highest BCUT2D eigenvalue weighted by molar-refractivity contribution is 7.21. The zero-order valence-electron chi connectivity index (χ0n) is 20.4. The lowest BCUT2D eigenvalue weighted by atomic mass is 9.99. The van der Waals surface area contributed by atoms with Crippen LogP contribution < -0.4 is 10.6 Å². The molecule has 1 aliphatic heterocycles. The predicted octanol–water partition coefficient (Wildman–Crippen LogP) is 4.93. The fourth-order valence-electron chi connectivity index (χ4n) is 4.65.